The van der Waals surface area contributed by atoms with Crippen LogP contribution in [0.5, 0.6) is 0 Å². The van der Waals surface area contributed by atoms with Gasteiger partial charge in [-0.3, -0.25) is 4.79 Å². The first-order valence-electron chi connectivity index (χ1n) is 8.42. The molecule has 4 nitrogen and oxygen atoms in total. The lowest BCUT2D eigenvalue weighted by Gasteiger charge is -2.23. The predicted octanol–water partition coefficient (Wildman–Crippen LogP) is 2.84. The summed E-state index contributed by atoms with van der Waals surface area (Å²) >= 11 is 1.43. The summed E-state index contributed by atoms with van der Waals surface area (Å²) in [6.07, 6.45) is 3.80. The van der Waals surface area contributed by atoms with Crippen LogP contribution in [0.25, 0.3) is 0 Å². The normalized spacial score (nSPS) is 23.3. The van der Waals surface area contributed by atoms with Gasteiger partial charge in [0.1, 0.15) is 11.5 Å². The van der Waals surface area contributed by atoms with Gasteiger partial charge >= 0.3 is 0 Å². The summed E-state index contributed by atoms with van der Waals surface area (Å²) in [5.74, 6) is -0.226. The molecule has 0 saturated carbocycles. The maximum Gasteiger partial charge on any atom is 0.273 e. The standard InChI is InChI=1S/C18H20FN3OS/c19-15-4-2-1-3-12(15)9-17-21-16(11-24-17)18(23)22-8-7-13-5-6-14(10-22)20-13/h1-4,11,13-14,20H,5-10H2. The van der Waals surface area contributed by atoms with Crippen LogP contribution in [0.1, 0.15) is 40.3 Å². The minimum absolute atomic E-state index is 0.000355. The van der Waals surface area contributed by atoms with E-state index in [2.05, 4.69) is 10.3 Å². The quantitative estimate of drug-likeness (QED) is 0.930. The smallest absolute Gasteiger partial charge is 0.273 e. The van der Waals surface area contributed by atoms with Crippen molar-refractivity contribution < 1.29 is 9.18 Å². The maximum absolute atomic E-state index is 13.8. The number of thiazole rings is 1. The van der Waals surface area contributed by atoms with E-state index in [4.69, 9.17) is 0 Å². The van der Waals surface area contributed by atoms with Crippen LogP contribution in [0, 0.1) is 5.82 Å². The first-order valence-corrected chi connectivity index (χ1v) is 9.30. The number of carbonyl (C=O) groups is 1. The number of likely N-dealkylation sites (tertiary alicyclic amines) is 1. The Labute approximate surface area is 144 Å². The van der Waals surface area contributed by atoms with Gasteiger partial charge in [-0.15, -0.1) is 11.3 Å². The fourth-order valence-electron chi connectivity index (χ4n) is 3.58. The Hall–Kier alpha value is -1.79. The molecule has 2 aliphatic heterocycles. The molecule has 3 heterocycles. The average molecular weight is 345 g/mol. The molecule has 126 valence electrons. The van der Waals surface area contributed by atoms with Crippen LogP contribution in [0.2, 0.25) is 0 Å². The highest BCUT2D eigenvalue weighted by Gasteiger charge is 2.32. The maximum atomic E-state index is 13.8. The Kier molecular flexibility index (Phi) is 4.33. The zero-order valence-electron chi connectivity index (χ0n) is 13.4. The molecule has 2 aromatic rings. The molecule has 0 aliphatic carbocycles. The molecule has 2 atom stereocenters. The molecule has 2 aliphatic rings. The number of halogens is 1. The van der Waals surface area contributed by atoms with E-state index in [9.17, 15) is 9.18 Å². The number of nitrogens with one attached hydrogen (secondary N) is 1. The highest BCUT2D eigenvalue weighted by molar-refractivity contribution is 7.09. The van der Waals surface area contributed by atoms with E-state index in [-0.39, 0.29) is 11.7 Å². The molecule has 1 aromatic heterocycles. The second kappa shape index (κ2) is 6.61. The SMILES string of the molecule is O=C(c1csc(Cc2ccccc2F)n1)N1CCC2CCC(C1)N2. The number of benzene rings is 1. The number of hydrogen-bond acceptors (Lipinski definition) is 4. The molecule has 1 N–H and O–H groups in total. The molecule has 2 fully saturated rings. The lowest BCUT2D eigenvalue weighted by Crippen LogP contribution is -2.39. The Morgan fingerprint density at radius 1 is 1.29 bits per heavy atom. The van der Waals surface area contributed by atoms with Crippen molar-refractivity contribution in [2.24, 2.45) is 0 Å². The minimum atomic E-state index is -0.227. The van der Waals surface area contributed by atoms with Crippen molar-refractivity contribution in [3.05, 3.63) is 51.7 Å². The van der Waals surface area contributed by atoms with Gasteiger partial charge in [-0.25, -0.2) is 9.37 Å². The summed E-state index contributed by atoms with van der Waals surface area (Å²) in [5.41, 5.74) is 1.10. The largest absolute Gasteiger partial charge is 0.336 e. The van der Waals surface area contributed by atoms with Crippen molar-refractivity contribution in [1.29, 1.82) is 0 Å². The van der Waals surface area contributed by atoms with Crippen molar-refractivity contribution >= 4 is 17.2 Å². The first-order chi connectivity index (χ1) is 11.7. The fraction of sp³-hybridized carbons (Fsp3) is 0.444. The summed E-state index contributed by atoms with van der Waals surface area (Å²) in [4.78, 5) is 19.1. The molecule has 0 radical (unpaired) electrons. The van der Waals surface area contributed by atoms with Crippen molar-refractivity contribution in [3.63, 3.8) is 0 Å². The third kappa shape index (κ3) is 3.21. The second-order valence-electron chi connectivity index (χ2n) is 6.57. The van der Waals surface area contributed by atoms with Crippen LogP contribution >= 0.6 is 11.3 Å². The van der Waals surface area contributed by atoms with Crippen LogP contribution in [0.4, 0.5) is 4.39 Å². The summed E-state index contributed by atoms with van der Waals surface area (Å²) in [7, 11) is 0. The second-order valence-corrected chi connectivity index (χ2v) is 7.52. The Morgan fingerprint density at radius 2 is 2.12 bits per heavy atom. The van der Waals surface area contributed by atoms with Gasteiger partial charge in [0.15, 0.2) is 0 Å². The van der Waals surface area contributed by atoms with Gasteiger partial charge in [-0.05, 0) is 30.9 Å². The van der Waals surface area contributed by atoms with Gasteiger partial charge in [0.2, 0.25) is 0 Å². The number of aromatic nitrogens is 1. The third-order valence-electron chi connectivity index (χ3n) is 4.88. The van der Waals surface area contributed by atoms with Gasteiger partial charge in [0.05, 0.1) is 5.01 Å². The molecule has 2 bridgehead atoms. The molecule has 24 heavy (non-hydrogen) atoms. The molecule has 1 amide bonds. The van der Waals surface area contributed by atoms with Crippen LogP contribution in [-0.2, 0) is 6.42 Å². The Morgan fingerprint density at radius 3 is 3.00 bits per heavy atom. The minimum Gasteiger partial charge on any atom is -0.336 e. The molecule has 1 aromatic carbocycles. The van der Waals surface area contributed by atoms with Crippen LogP contribution in [-0.4, -0.2) is 41.0 Å². The van der Waals surface area contributed by atoms with Crippen LogP contribution in [0.3, 0.4) is 0 Å². The van der Waals surface area contributed by atoms with E-state index in [0.29, 0.717) is 29.8 Å². The summed E-state index contributed by atoms with van der Waals surface area (Å²) in [6.45, 7) is 1.54. The third-order valence-corrected chi connectivity index (χ3v) is 5.73. The Bertz CT molecular complexity index is 747. The molecule has 4 rings (SSSR count). The molecular weight excluding hydrogens is 325 g/mol. The van der Waals surface area contributed by atoms with Crippen molar-refractivity contribution in [3.8, 4) is 0 Å². The van der Waals surface area contributed by atoms with Crippen molar-refractivity contribution in [2.45, 2.75) is 37.8 Å². The van der Waals surface area contributed by atoms with Gasteiger partial charge in [0.25, 0.3) is 5.91 Å². The predicted molar refractivity (Wildman–Crippen MR) is 91.8 cm³/mol. The van der Waals surface area contributed by atoms with Crippen LogP contribution in [0.15, 0.2) is 29.6 Å². The lowest BCUT2D eigenvalue weighted by atomic mass is 10.1. The summed E-state index contributed by atoms with van der Waals surface area (Å²) in [5, 5.41) is 6.16. The molecule has 6 heteroatoms. The Balaban J connectivity index is 1.46. The van der Waals surface area contributed by atoms with Gasteiger partial charge < -0.3 is 10.2 Å². The highest BCUT2D eigenvalue weighted by atomic mass is 32.1. The summed E-state index contributed by atoms with van der Waals surface area (Å²) in [6, 6.07) is 7.68. The van der Waals surface area contributed by atoms with E-state index in [0.717, 1.165) is 30.9 Å². The zero-order chi connectivity index (χ0) is 16.5. The van der Waals surface area contributed by atoms with Gasteiger partial charge in [0, 0.05) is 37.0 Å². The first kappa shape index (κ1) is 15.7. The van der Waals surface area contributed by atoms with E-state index >= 15 is 0 Å². The number of rotatable bonds is 3. The van der Waals surface area contributed by atoms with Crippen LogP contribution < -0.4 is 5.32 Å². The number of hydrogen-bond donors (Lipinski definition) is 1. The molecule has 2 unspecified atom stereocenters. The zero-order valence-corrected chi connectivity index (χ0v) is 14.2. The number of carbonyl (C=O) groups excluding carboxylic acids is 1. The monoisotopic (exact) mass is 345 g/mol. The van der Waals surface area contributed by atoms with Crippen molar-refractivity contribution in [2.75, 3.05) is 13.1 Å². The fourth-order valence-corrected chi connectivity index (χ4v) is 4.38. The molecule has 2 saturated heterocycles. The highest BCUT2D eigenvalue weighted by Crippen LogP contribution is 2.23. The van der Waals surface area contributed by atoms with E-state index in [1.54, 1.807) is 17.5 Å². The number of nitrogens with zero attached hydrogens (tertiary/aromatic N) is 2. The summed E-state index contributed by atoms with van der Waals surface area (Å²) < 4.78 is 13.8. The average Bonchev–Trinajstić information content (AvgIpc) is 3.16. The van der Waals surface area contributed by atoms with Crippen molar-refractivity contribution in [1.82, 2.24) is 15.2 Å². The molecule has 0 spiro atoms. The molecular formula is C18H20FN3OS. The van der Waals surface area contributed by atoms with Gasteiger partial charge in [-0.1, -0.05) is 18.2 Å². The lowest BCUT2D eigenvalue weighted by molar-refractivity contribution is 0.0743. The number of amides is 1. The topological polar surface area (TPSA) is 45.2 Å². The van der Waals surface area contributed by atoms with E-state index in [1.165, 1.54) is 23.8 Å². The van der Waals surface area contributed by atoms with E-state index in [1.807, 2.05) is 11.0 Å². The number of fused-ring (bicyclic) bond motifs is 2. The van der Waals surface area contributed by atoms with E-state index < -0.39 is 0 Å². The van der Waals surface area contributed by atoms with Gasteiger partial charge in [-0.2, -0.15) is 0 Å².